The molecule has 0 radical (unpaired) electrons. The fourth-order valence-electron chi connectivity index (χ4n) is 2.06. The minimum absolute atomic E-state index is 0.225. The molecule has 0 bridgehead atoms. The molecule has 4 nitrogen and oxygen atoms in total. The number of hydrogen-bond acceptors (Lipinski definition) is 4. The maximum absolute atomic E-state index is 13.6. The largest absolute Gasteiger partial charge is 0.497 e. The van der Waals surface area contributed by atoms with Crippen LogP contribution in [0.4, 0.5) is 4.39 Å². The molecule has 1 heterocycles. The summed E-state index contributed by atoms with van der Waals surface area (Å²) in [7, 11) is 1.62. The van der Waals surface area contributed by atoms with Gasteiger partial charge >= 0.3 is 6.01 Å². The van der Waals surface area contributed by atoms with Crippen LogP contribution in [0, 0.1) is 11.7 Å². The van der Waals surface area contributed by atoms with Crippen LogP contribution in [0.25, 0.3) is 0 Å². The van der Waals surface area contributed by atoms with Crippen LogP contribution in [0.15, 0.2) is 30.5 Å². The Labute approximate surface area is 123 Å². The topological polar surface area (TPSA) is 44.2 Å². The van der Waals surface area contributed by atoms with Crippen molar-refractivity contribution in [3.05, 3.63) is 47.5 Å². The molecule has 0 spiro atoms. The van der Waals surface area contributed by atoms with Crippen LogP contribution >= 0.6 is 0 Å². The number of methoxy groups -OCH3 is 1. The normalized spacial score (nSPS) is 14.0. The molecule has 1 aromatic heterocycles. The third-order valence-corrected chi connectivity index (χ3v) is 3.50. The minimum Gasteiger partial charge on any atom is -0.497 e. The minimum atomic E-state index is -0.348. The van der Waals surface area contributed by atoms with Gasteiger partial charge in [0.25, 0.3) is 0 Å². The molecule has 21 heavy (non-hydrogen) atoms. The molecule has 1 aromatic carbocycles. The molecule has 1 saturated carbocycles. The molecule has 0 aliphatic heterocycles. The first kappa shape index (κ1) is 13.8. The van der Waals surface area contributed by atoms with Gasteiger partial charge in [0.1, 0.15) is 12.4 Å². The van der Waals surface area contributed by atoms with Gasteiger partial charge < -0.3 is 9.47 Å². The Morgan fingerprint density at radius 2 is 2.00 bits per heavy atom. The summed E-state index contributed by atoms with van der Waals surface area (Å²) in [4.78, 5) is 8.05. The summed E-state index contributed by atoms with van der Waals surface area (Å²) in [5.41, 5.74) is 1.43. The summed E-state index contributed by atoms with van der Waals surface area (Å²) in [6.07, 6.45) is 4.18. The number of halogens is 1. The Kier molecular flexibility index (Phi) is 3.99. The molecule has 1 aliphatic rings. The summed E-state index contributed by atoms with van der Waals surface area (Å²) in [5, 5.41) is 0. The van der Waals surface area contributed by atoms with Crippen molar-refractivity contribution in [1.29, 1.82) is 0 Å². The second-order valence-corrected chi connectivity index (χ2v) is 5.23. The van der Waals surface area contributed by atoms with E-state index in [0.29, 0.717) is 24.6 Å². The summed E-state index contributed by atoms with van der Waals surface area (Å²) in [6.45, 7) is 0.346. The van der Waals surface area contributed by atoms with Gasteiger partial charge in [-0.1, -0.05) is 12.1 Å². The smallest absolute Gasteiger partial charge is 0.317 e. The predicted octanol–water partition coefficient (Wildman–Crippen LogP) is 3.16. The lowest BCUT2D eigenvalue weighted by Crippen LogP contribution is -2.04. The zero-order chi connectivity index (χ0) is 14.7. The maximum Gasteiger partial charge on any atom is 0.317 e. The Hall–Kier alpha value is -2.17. The maximum atomic E-state index is 13.6. The zero-order valence-corrected chi connectivity index (χ0v) is 11.9. The number of benzene rings is 1. The van der Waals surface area contributed by atoms with Crippen molar-refractivity contribution in [3.63, 3.8) is 0 Å². The lowest BCUT2D eigenvalue weighted by Gasteiger charge is -2.07. The van der Waals surface area contributed by atoms with E-state index in [4.69, 9.17) is 9.47 Å². The Morgan fingerprint density at radius 3 is 2.67 bits per heavy atom. The fourth-order valence-corrected chi connectivity index (χ4v) is 2.06. The molecule has 0 saturated heterocycles. The van der Waals surface area contributed by atoms with Crippen LogP contribution in [-0.2, 0) is 13.0 Å². The van der Waals surface area contributed by atoms with Gasteiger partial charge in [-0.25, -0.2) is 9.37 Å². The van der Waals surface area contributed by atoms with Crippen LogP contribution in [-0.4, -0.2) is 17.1 Å². The standard InChI is InChI=1S/C16H17FN2O2/c1-20-13-6-4-12(5-7-13)10-21-16-18-9-14(17)15(19-16)8-11-2-3-11/h4-7,9,11H,2-3,8,10H2,1H3. The molecular weight excluding hydrogens is 271 g/mol. The number of rotatable bonds is 6. The van der Waals surface area contributed by atoms with Crippen molar-refractivity contribution < 1.29 is 13.9 Å². The Balaban J connectivity index is 1.63. The lowest BCUT2D eigenvalue weighted by molar-refractivity contribution is 0.277. The number of nitrogens with zero attached hydrogens (tertiary/aromatic N) is 2. The van der Waals surface area contributed by atoms with Gasteiger partial charge in [-0.15, -0.1) is 0 Å². The van der Waals surface area contributed by atoms with Crippen LogP contribution < -0.4 is 9.47 Å². The molecule has 0 atom stereocenters. The highest BCUT2D eigenvalue weighted by atomic mass is 19.1. The van der Waals surface area contributed by atoms with Crippen LogP contribution in [0.1, 0.15) is 24.1 Å². The van der Waals surface area contributed by atoms with E-state index in [9.17, 15) is 4.39 Å². The molecule has 5 heteroatoms. The lowest BCUT2D eigenvalue weighted by atomic mass is 10.2. The van der Waals surface area contributed by atoms with E-state index in [1.54, 1.807) is 7.11 Å². The molecule has 1 aliphatic carbocycles. The van der Waals surface area contributed by atoms with Crippen LogP contribution in [0.5, 0.6) is 11.8 Å². The highest BCUT2D eigenvalue weighted by Gasteiger charge is 2.24. The van der Waals surface area contributed by atoms with Crippen molar-refractivity contribution in [3.8, 4) is 11.8 Å². The highest BCUT2D eigenvalue weighted by molar-refractivity contribution is 5.26. The number of hydrogen-bond donors (Lipinski definition) is 0. The van der Waals surface area contributed by atoms with E-state index in [2.05, 4.69) is 9.97 Å². The average molecular weight is 288 g/mol. The van der Waals surface area contributed by atoms with E-state index in [-0.39, 0.29) is 11.8 Å². The van der Waals surface area contributed by atoms with Gasteiger partial charge in [0.2, 0.25) is 0 Å². The fraction of sp³-hybridized carbons (Fsp3) is 0.375. The molecule has 3 rings (SSSR count). The zero-order valence-electron chi connectivity index (χ0n) is 11.9. The highest BCUT2D eigenvalue weighted by Crippen LogP contribution is 2.32. The van der Waals surface area contributed by atoms with Gasteiger partial charge in [-0.05, 0) is 42.9 Å². The van der Waals surface area contributed by atoms with E-state index in [1.807, 2.05) is 24.3 Å². The van der Waals surface area contributed by atoms with Gasteiger partial charge in [0.15, 0.2) is 5.82 Å². The Bertz CT molecular complexity index is 612. The van der Waals surface area contributed by atoms with Crippen molar-refractivity contribution in [1.82, 2.24) is 9.97 Å². The summed E-state index contributed by atoms with van der Waals surface area (Å²) >= 11 is 0. The second kappa shape index (κ2) is 6.08. The van der Waals surface area contributed by atoms with Crippen molar-refractivity contribution in [2.24, 2.45) is 5.92 Å². The molecule has 110 valence electrons. The van der Waals surface area contributed by atoms with Crippen molar-refractivity contribution >= 4 is 0 Å². The van der Waals surface area contributed by atoms with Crippen molar-refractivity contribution in [2.45, 2.75) is 25.9 Å². The van der Waals surface area contributed by atoms with E-state index in [1.165, 1.54) is 6.20 Å². The first-order chi connectivity index (χ1) is 10.2. The van der Waals surface area contributed by atoms with Crippen LogP contribution in [0.2, 0.25) is 0 Å². The van der Waals surface area contributed by atoms with E-state index < -0.39 is 0 Å². The van der Waals surface area contributed by atoms with E-state index >= 15 is 0 Å². The third kappa shape index (κ3) is 3.68. The van der Waals surface area contributed by atoms with Crippen LogP contribution in [0.3, 0.4) is 0 Å². The first-order valence-electron chi connectivity index (χ1n) is 7.02. The first-order valence-corrected chi connectivity index (χ1v) is 7.02. The number of ether oxygens (including phenoxy) is 2. The number of aromatic nitrogens is 2. The van der Waals surface area contributed by atoms with E-state index in [0.717, 1.165) is 24.2 Å². The van der Waals surface area contributed by atoms with Gasteiger partial charge in [-0.3, -0.25) is 0 Å². The van der Waals surface area contributed by atoms with Crippen molar-refractivity contribution in [2.75, 3.05) is 7.11 Å². The van der Waals surface area contributed by atoms with Gasteiger partial charge in [0, 0.05) is 0 Å². The molecule has 0 N–H and O–H groups in total. The monoisotopic (exact) mass is 288 g/mol. The summed E-state index contributed by atoms with van der Waals surface area (Å²) in [5.74, 6) is 1.02. The Morgan fingerprint density at radius 1 is 1.24 bits per heavy atom. The third-order valence-electron chi connectivity index (χ3n) is 3.50. The molecular formula is C16H17FN2O2. The molecule has 0 unspecified atom stereocenters. The second-order valence-electron chi connectivity index (χ2n) is 5.23. The molecule has 2 aromatic rings. The van der Waals surface area contributed by atoms with Gasteiger partial charge in [0.05, 0.1) is 19.0 Å². The quantitative estimate of drug-likeness (QED) is 0.819. The molecule has 1 fully saturated rings. The summed E-state index contributed by atoms with van der Waals surface area (Å²) < 4.78 is 24.2. The van der Waals surface area contributed by atoms with Gasteiger partial charge in [-0.2, -0.15) is 4.98 Å². The average Bonchev–Trinajstić information content (AvgIpc) is 3.32. The molecule has 0 amide bonds. The summed E-state index contributed by atoms with van der Waals surface area (Å²) in [6, 6.07) is 7.77. The predicted molar refractivity (Wildman–Crippen MR) is 75.7 cm³/mol. The SMILES string of the molecule is COc1ccc(COc2ncc(F)c(CC3CC3)n2)cc1.